The summed E-state index contributed by atoms with van der Waals surface area (Å²) in [4.78, 5) is 22.5. The minimum Gasteiger partial charge on any atom is -0.445 e. The highest BCUT2D eigenvalue weighted by atomic mass is 16.6. The van der Waals surface area contributed by atoms with Gasteiger partial charge in [-0.15, -0.1) is 0 Å². The number of carbonyl (C=O) groups excluding carboxylic acids is 1. The fourth-order valence-corrected chi connectivity index (χ4v) is 2.85. The van der Waals surface area contributed by atoms with E-state index >= 15 is 0 Å². The highest BCUT2D eigenvalue weighted by molar-refractivity contribution is 5.67. The molecule has 1 aliphatic rings. The number of nitrogens with zero attached hydrogens (tertiary/aromatic N) is 3. The van der Waals surface area contributed by atoms with Gasteiger partial charge in [-0.3, -0.25) is 0 Å². The van der Waals surface area contributed by atoms with E-state index in [-0.39, 0.29) is 6.09 Å². The van der Waals surface area contributed by atoms with E-state index in [1.54, 1.807) is 17.3 Å². The molecule has 1 aromatic carbocycles. The number of nitrogens with one attached hydrogen (secondary N) is 1. The number of aryl methyl sites for hydroxylation is 1. The van der Waals surface area contributed by atoms with E-state index in [2.05, 4.69) is 15.3 Å². The monoisotopic (exact) mass is 340 g/mol. The van der Waals surface area contributed by atoms with Crippen molar-refractivity contribution < 1.29 is 9.53 Å². The van der Waals surface area contributed by atoms with Crippen LogP contribution in [0, 0.1) is 12.8 Å². The maximum atomic E-state index is 12.2. The molecular weight excluding hydrogens is 316 g/mol. The van der Waals surface area contributed by atoms with Gasteiger partial charge in [-0.2, -0.15) is 0 Å². The predicted octanol–water partition coefficient (Wildman–Crippen LogP) is 3.25. The number of anilines is 1. The van der Waals surface area contributed by atoms with Crippen LogP contribution in [0.5, 0.6) is 0 Å². The molecule has 1 amide bonds. The number of amides is 1. The van der Waals surface area contributed by atoms with E-state index in [4.69, 9.17) is 4.74 Å². The molecule has 0 aliphatic carbocycles. The van der Waals surface area contributed by atoms with E-state index in [9.17, 15) is 4.79 Å². The van der Waals surface area contributed by atoms with Crippen molar-refractivity contribution in [3.63, 3.8) is 0 Å². The third-order valence-electron chi connectivity index (χ3n) is 4.41. The van der Waals surface area contributed by atoms with Gasteiger partial charge in [0.25, 0.3) is 0 Å². The molecule has 132 valence electrons. The number of piperidine rings is 1. The van der Waals surface area contributed by atoms with Crippen molar-refractivity contribution >= 4 is 12.0 Å². The number of hydrogen-bond donors (Lipinski definition) is 1. The van der Waals surface area contributed by atoms with Gasteiger partial charge in [0.15, 0.2) is 0 Å². The molecule has 1 fully saturated rings. The van der Waals surface area contributed by atoms with Crippen LogP contribution >= 0.6 is 0 Å². The molecular formula is C19H24N4O2. The molecule has 2 heterocycles. The zero-order valence-corrected chi connectivity index (χ0v) is 14.5. The predicted molar refractivity (Wildman–Crippen MR) is 96.2 cm³/mol. The molecule has 0 bridgehead atoms. The first-order chi connectivity index (χ1) is 12.2. The highest BCUT2D eigenvalue weighted by Gasteiger charge is 2.23. The zero-order chi connectivity index (χ0) is 17.5. The summed E-state index contributed by atoms with van der Waals surface area (Å²) < 4.78 is 5.39. The van der Waals surface area contributed by atoms with E-state index < -0.39 is 0 Å². The average molecular weight is 340 g/mol. The third-order valence-corrected chi connectivity index (χ3v) is 4.41. The quantitative estimate of drug-likeness (QED) is 0.905. The van der Waals surface area contributed by atoms with Crippen molar-refractivity contribution in [3.05, 3.63) is 53.9 Å². The Morgan fingerprint density at radius 2 is 1.88 bits per heavy atom. The molecule has 1 aliphatic heterocycles. The molecule has 1 saturated heterocycles. The Morgan fingerprint density at radius 3 is 2.56 bits per heavy atom. The lowest BCUT2D eigenvalue weighted by molar-refractivity contribution is 0.0832. The first-order valence-electron chi connectivity index (χ1n) is 8.69. The van der Waals surface area contributed by atoms with Gasteiger partial charge in [-0.05, 0) is 36.8 Å². The Balaban J connectivity index is 1.37. The van der Waals surface area contributed by atoms with E-state index in [0.29, 0.717) is 18.5 Å². The van der Waals surface area contributed by atoms with Gasteiger partial charge in [0.2, 0.25) is 5.95 Å². The summed E-state index contributed by atoms with van der Waals surface area (Å²) in [6, 6.07) is 9.75. The number of likely N-dealkylation sites (tertiary alicyclic amines) is 1. The average Bonchev–Trinajstić information content (AvgIpc) is 2.67. The van der Waals surface area contributed by atoms with Gasteiger partial charge in [0.1, 0.15) is 6.61 Å². The Morgan fingerprint density at radius 1 is 1.20 bits per heavy atom. The minimum absolute atomic E-state index is 0.225. The molecule has 0 radical (unpaired) electrons. The lowest BCUT2D eigenvalue weighted by atomic mass is 9.97. The van der Waals surface area contributed by atoms with Crippen molar-refractivity contribution in [3.8, 4) is 0 Å². The lowest BCUT2D eigenvalue weighted by Gasteiger charge is -2.31. The summed E-state index contributed by atoms with van der Waals surface area (Å²) in [5.74, 6) is 1.18. The van der Waals surface area contributed by atoms with Crippen LogP contribution in [0.2, 0.25) is 0 Å². The summed E-state index contributed by atoms with van der Waals surface area (Å²) in [6.07, 6.45) is 5.30. The van der Waals surface area contributed by atoms with Gasteiger partial charge in [0, 0.05) is 32.0 Å². The SMILES string of the molecule is Cc1cnc(NCC2CCN(C(=O)OCc3ccccc3)CC2)nc1. The lowest BCUT2D eigenvalue weighted by Crippen LogP contribution is -2.40. The second-order valence-corrected chi connectivity index (χ2v) is 6.44. The molecule has 6 heteroatoms. The number of aromatic nitrogens is 2. The molecule has 1 N–H and O–H groups in total. The fourth-order valence-electron chi connectivity index (χ4n) is 2.85. The summed E-state index contributed by atoms with van der Waals surface area (Å²) >= 11 is 0. The largest absolute Gasteiger partial charge is 0.445 e. The molecule has 3 rings (SSSR count). The Hall–Kier alpha value is -2.63. The summed E-state index contributed by atoms with van der Waals surface area (Å²) in [5.41, 5.74) is 2.06. The van der Waals surface area contributed by atoms with E-state index in [1.165, 1.54) is 0 Å². The number of benzene rings is 1. The highest BCUT2D eigenvalue weighted by Crippen LogP contribution is 2.18. The summed E-state index contributed by atoms with van der Waals surface area (Å²) in [7, 11) is 0. The van der Waals surface area contributed by atoms with Crippen LogP contribution in [0.3, 0.4) is 0 Å². The normalized spacial score (nSPS) is 15.0. The number of rotatable bonds is 5. The van der Waals surface area contributed by atoms with Crippen LogP contribution in [0.1, 0.15) is 24.0 Å². The zero-order valence-electron chi connectivity index (χ0n) is 14.5. The Bertz CT molecular complexity index is 668. The summed E-state index contributed by atoms with van der Waals surface area (Å²) in [5, 5.41) is 3.28. The van der Waals surface area contributed by atoms with Crippen molar-refractivity contribution in [1.29, 1.82) is 0 Å². The van der Waals surface area contributed by atoms with Gasteiger partial charge in [-0.25, -0.2) is 14.8 Å². The van der Waals surface area contributed by atoms with Crippen LogP contribution in [-0.4, -0.2) is 40.6 Å². The van der Waals surface area contributed by atoms with Crippen molar-refractivity contribution in [2.24, 2.45) is 5.92 Å². The molecule has 6 nitrogen and oxygen atoms in total. The molecule has 25 heavy (non-hydrogen) atoms. The standard InChI is InChI=1S/C19H24N4O2/c1-15-11-20-18(21-12-15)22-13-16-7-9-23(10-8-16)19(24)25-14-17-5-3-2-4-6-17/h2-6,11-12,16H,7-10,13-14H2,1H3,(H,20,21,22). The van der Waals surface area contributed by atoms with Crippen LogP contribution < -0.4 is 5.32 Å². The molecule has 0 unspecified atom stereocenters. The second kappa shape index (κ2) is 8.46. The van der Waals surface area contributed by atoms with Gasteiger partial charge >= 0.3 is 6.09 Å². The maximum absolute atomic E-state index is 12.2. The smallest absolute Gasteiger partial charge is 0.410 e. The minimum atomic E-state index is -0.225. The Kier molecular flexibility index (Phi) is 5.82. The second-order valence-electron chi connectivity index (χ2n) is 6.44. The van der Waals surface area contributed by atoms with Crippen LogP contribution in [0.4, 0.5) is 10.7 Å². The van der Waals surface area contributed by atoms with Gasteiger partial charge in [-0.1, -0.05) is 30.3 Å². The Labute approximate surface area is 148 Å². The maximum Gasteiger partial charge on any atom is 0.410 e. The molecule has 0 spiro atoms. The summed E-state index contributed by atoms with van der Waals surface area (Å²) in [6.45, 7) is 4.59. The van der Waals surface area contributed by atoms with Crippen molar-refractivity contribution in [2.45, 2.75) is 26.4 Å². The molecule has 0 atom stereocenters. The van der Waals surface area contributed by atoms with Crippen LogP contribution in [0.15, 0.2) is 42.7 Å². The van der Waals surface area contributed by atoms with Crippen molar-refractivity contribution in [1.82, 2.24) is 14.9 Å². The van der Waals surface area contributed by atoms with E-state index in [1.807, 2.05) is 37.3 Å². The number of carbonyl (C=O) groups is 1. The van der Waals surface area contributed by atoms with Crippen LogP contribution in [-0.2, 0) is 11.3 Å². The number of ether oxygens (including phenoxy) is 1. The first-order valence-corrected chi connectivity index (χ1v) is 8.69. The van der Waals surface area contributed by atoms with Crippen molar-refractivity contribution in [2.75, 3.05) is 25.0 Å². The van der Waals surface area contributed by atoms with E-state index in [0.717, 1.165) is 43.6 Å². The fraction of sp³-hybridized carbons (Fsp3) is 0.421. The first kappa shape index (κ1) is 17.2. The molecule has 0 saturated carbocycles. The van der Waals surface area contributed by atoms with Crippen LogP contribution in [0.25, 0.3) is 0 Å². The van der Waals surface area contributed by atoms with Gasteiger partial charge < -0.3 is 15.0 Å². The topological polar surface area (TPSA) is 67.4 Å². The molecule has 1 aromatic heterocycles. The molecule has 2 aromatic rings. The third kappa shape index (κ3) is 5.17. The number of hydrogen-bond acceptors (Lipinski definition) is 5. The van der Waals surface area contributed by atoms with Gasteiger partial charge in [0.05, 0.1) is 0 Å².